The second-order valence-corrected chi connectivity index (χ2v) is 7.63. The summed E-state index contributed by atoms with van der Waals surface area (Å²) in [5.41, 5.74) is 1.87. The molecule has 3 unspecified atom stereocenters. The molecule has 9 heteroatoms. The lowest BCUT2D eigenvalue weighted by Gasteiger charge is -2.24. The highest BCUT2D eigenvalue weighted by Crippen LogP contribution is 2.30. The van der Waals surface area contributed by atoms with Crippen molar-refractivity contribution in [2.24, 2.45) is 0 Å². The Kier molecular flexibility index (Phi) is 8.78. The molecule has 33 heavy (non-hydrogen) atoms. The van der Waals surface area contributed by atoms with Crippen molar-refractivity contribution in [2.75, 3.05) is 14.2 Å². The minimum Gasteiger partial charge on any atom is -0.497 e. The summed E-state index contributed by atoms with van der Waals surface area (Å²) in [6.45, 7) is 8.42. The van der Waals surface area contributed by atoms with Gasteiger partial charge < -0.3 is 24.3 Å². The molecule has 3 atom stereocenters. The lowest BCUT2D eigenvalue weighted by molar-refractivity contribution is -0.151. The molecule has 0 spiro atoms. The van der Waals surface area contributed by atoms with E-state index in [0.717, 1.165) is 16.9 Å². The van der Waals surface area contributed by atoms with E-state index in [9.17, 15) is 14.4 Å². The summed E-state index contributed by atoms with van der Waals surface area (Å²) in [6, 6.07) is 6.21. The highest BCUT2D eigenvalue weighted by atomic mass is 16.6. The number of carbonyl (C=O) groups excluding carboxylic acids is 3. The lowest BCUT2D eigenvalue weighted by atomic mass is 9.92. The zero-order valence-electron chi connectivity index (χ0n) is 19.9. The van der Waals surface area contributed by atoms with E-state index in [4.69, 9.17) is 18.9 Å². The molecule has 9 nitrogen and oxygen atoms in total. The monoisotopic (exact) mass is 458 g/mol. The molecule has 0 aliphatic carbocycles. The summed E-state index contributed by atoms with van der Waals surface area (Å²) < 4.78 is 21.1. The first kappa shape index (κ1) is 25.6. The van der Waals surface area contributed by atoms with E-state index in [-0.39, 0.29) is 23.1 Å². The van der Waals surface area contributed by atoms with Crippen LogP contribution < -0.4 is 19.5 Å². The zero-order chi connectivity index (χ0) is 24.7. The van der Waals surface area contributed by atoms with Crippen molar-refractivity contribution >= 4 is 17.8 Å². The fourth-order valence-corrected chi connectivity index (χ4v) is 3.25. The molecule has 1 amide bonds. The SMILES string of the molecule is COc1ccc(C(C)C(C)OC(=O)C(C)NC(=O)c2nccc(OC)c2OC(C)=O)c(C)c1. The fraction of sp³-hybridized carbons (Fsp3) is 0.417. The topological polar surface area (TPSA) is 113 Å². The number of rotatable bonds is 9. The number of pyridine rings is 1. The molecule has 0 saturated heterocycles. The van der Waals surface area contributed by atoms with Crippen LogP contribution in [-0.4, -0.2) is 49.2 Å². The summed E-state index contributed by atoms with van der Waals surface area (Å²) in [6.07, 6.45) is 0.889. The molecule has 0 saturated carbocycles. The van der Waals surface area contributed by atoms with Crippen LogP contribution in [0.4, 0.5) is 0 Å². The Morgan fingerprint density at radius 1 is 1.03 bits per heavy atom. The number of amides is 1. The number of aromatic nitrogens is 1. The maximum atomic E-state index is 12.7. The number of hydrogen-bond acceptors (Lipinski definition) is 8. The van der Waals surface area contributed by atoms with Crippen LogP contribution in [0.15, 0.2) is 30.5 Å². The van der Waals surface area contributed by atoms with Gasteiger partial charge in [0.25, 0.3) is 5.91 Å². The zero-order valence-corrected chi connectivity index (χ0v) is 19.9. The van der Waals surface area contributed by atoms with Crippen molar-refractivity contribution in [1.82, 2.24) is 10.3 Å². The first-order valence-electron chi connectivity index (χ1n) is 10.5. The van der Waals surface area contributed by atoms with Gasteiger partial charge >= 0.3 is 11.9 Å². The van der Waals surface area contributed by atoms with Gasteiger partial charge in [-0.25, -0.2) is 9.78 Å². The van der Waals surface area contributed by atoms with Crippen LogP contribution in [0.3, 0.4) is 0 Å². The summed E-state index contributed by atoms with van der Waals surface area (Å²) in [5, 5.41) is 2.53. The number of nitrogens with one attached hydrogen (secondary N) is 1. The summed E-state index contributed by atoms with van der Waals surface area (Å²) >= 11 is 0. The van der Waals surface area contributed by atoms with Gasteiger partial charge in [-0.05, 0) is 44.0 Å². The van der Waals surface area contributed by atoms with Gasteiger partial charge in [0.2, 0.25) is 5.75 Å². The van der Waals surface area contributed by atoms with Crippen molar-refractivity contribution in [3.63, 3.8) is 0 Å². The van der Waals surface area contributed by atoms with Gasteiger partial charge in [-0.2, -0.15) is 0 Å². The van der Waals surface area contributed by atoms with E-state index in [0.29, 0.717) is 0 Å². The number of methoxy groups -OCH3 is 2. The molecule has 0 bridgehead atoms. The number of aryl methyl sites for hydroxylation is 1. The average molecular weight is 459 g/mol. The van der Waals surface area contributed by atoms with Crippen molar-refractivity contribution in [3.05, 3.63) is 47.3 Å². The normalized spacial score (nSPS) is 13.3. The molecule has 0 aliphatic rings. The maximum Gasteiger partial charge on any atom is 0.328 e. The minimum atomic E-state index is -0.970. The Labute approximate surface area is 193 Å². The summed E-state index contributed by atoms with van der Waals surface area (Å²) in [7, 11) is 2.98. The number of hydrogen-bond donors (Lipinski definition) is 1. The van der Waals surface area contributed by atoms with E-state index in [2.05, 4.69) is 10.3 Å². The third-order valence-corrected chi connectivity index (χ3v) is 5.22. The van der Waals surface area contributed by atoms with Crippen LogP contribution in [0, 0.1) is 6.92 Å². The molecule has 2 rings (SSSR count). The standard InChI is InChI=1S/C24H30N2O7/c1-13-12-18(30-6)8-9-19(13)14(2)16(4)32-24(29)15(3)26-23(28)21-22(33-17(5)27)20(31-7)10-11-25-21/h8-12,14-16H,1-7H3,(H,26,28). The fourth-order valence-electron chi connectivity index (χ4n) is 3.25. The summed E-state index contributed by atoms with van der Waals surface area (Å²) in [5.74, 6) is -1.24. The smallest absolute Gasteiger partial charge is 0.328 e. The predicted molar refractivity (Wildman–Crippen MR) is 121 cm³/mol. The Bertz CT molecular complexity index is 1020. The van der Waals surface area contributed by atoms with Gasteiger partial charge in [0.15, 0.2) is 11.4 Å². The molecule has 1 heterocycles. The lowest BCUT2D eigenvalue weighted by Crippen LogP contribution is -2.41. The first-order valence-corrected chi connectivity index (χ1v) is 10.5. The average Bonchev–Trinajstić information content (AvgIpc) is 2.77. The van der Waals surface area contributed by atoms with Gasteiger partial charge in [-0.15, -0.1) is 0 Å². The molecule has 2 aromatic rings. The third-order valence-electron chi connectivity index (χ3n) is 5.22. The second-order valence-electron chi connectivity index (χ2n) is 7.63. The van der Waals surface area contributed by atoms with E-state index in [1.807, 2.05) is 32.0 Å². The Hall–Kier alpha value is -3.62. The predicted octanol–water partition coefficient (Wildman–Crippen LogP) is 3.19. The molecule has 1 N–H and O–H groups in total. The Balaban J connectivity index is 2.08. The number of carbonyl (C=O) groups is 3. The number of benzene rings is 1. The molecular weight excluding hydrogens is 428 g/mol. The van der Waals surface area contributed by atoms with E-state index in [1.165, 1.54) is 33.2 Å². The van der Waals surface area contributed by atoms with E-state index < -0.39 is 30.0 Å². The number of ether oxygens (including phenoxy) is 4. The third kappa shape index (κ3) is 6.44. The van der Waals surface area contributed by atoms with Crippen molar-refractivity contribution in [1.29, 1.82) is 0 Å². The van der Waals surface area contributed by atoms with Gasteiger partial charge in [0.1, 0.15) is 17.9 Å². The van der Waals surface area contributed by atoms with Crippen LogP contribution in [-0.2, 0) is 14.3 Å². The molecular formula is C24H30N2O7. The Morgan fingerprint density at radius 2 is 1.73 bits per heavy atom. The van der Waals surface area contributed by atoms with Crippen molar-refractivity contribution < 1.29 is 33.3 Å². The van der Waals surface area contributed by atoms with Crippen LogP contribution in [0.2, 0.25) is 0 Å². The molecule has 0 aliphatic heterocycles. The Morgan fingerprint density at radius 3 is 2.30 bits per heavy atom. The van der Waals surface area contributed by atoms with Crippen LogP contribution in [0.5, 0.6) is 17.2 Å². The highest BCUT2D eigenvalue weighted by molar-refractivity contribution is 5.98. The maximum absolute atomic E-state index is 12.7. The molecule has 1 aromatic heterocycles. The molecule has 0 radical (unpaired) electrons. The molecule has 0 fully saturated rings. The van der Waals surface area contributed by atoms with Gasteiger partial charge in [0, 0.05) is 25.1 Å². The van der Waals surface area contributed by atoms with E-state index >= 15 is 0 Å². The highest BCUT2D eigenvalue weighted by Gasteiger charge is 2.27. The van der Waals surface area contributed by atoms with Gasteiger partial charge in [0.05, 0.1) is 14.2 Å². The largest absolute Gasteiger partial charge is 0.497 e. The number of esters is 2. The van der Waals surface area contributed by atoms with E-state index in [1.54, 1.807) is 14.0 Å². The quantitative estimate of drug-likeness (QED) is 0.570. The number of nitrogens with zero attached hydrogens (tertiary/aromatic N) is 1. The van der Waals surface area contributed by atoms with Crippen molar-refractivity contribution in [2.45, 2.75) is 52.7 Å². The van der Waals surface area contributed by atoms with Crippen LogP contribution >= 0.6 is 0 Å². The van der Waals surface area contributed by atoms with Gasteiger partial charge in [-0.3, -0.25) is 9.59 Å². The van der Waals surface area contributed by atoms with Crippen molar-refractivity contribution in [3.8, 4) is 17.2 Å². The van der Waals surface area contributed by atoms with Crippen LogP contribution in [0.1, 0.15) is 55.2 Å². The van der Waals surface area contributed by atoms with Gasteiger partial charge in [-0.1, -0.05) is 13.0 Å². The summed E-state index contributed by atoms with van der Waals surface area (Å²) in [4.78, 5) is 40.8. The minimum absolute atomic E-state index is 0.0848. The molecule has 178 valence electrons. The van der Waals surface area contributed by atoms with Crippen LogP contribution in [0.25, 0.3) is 0 Å². The first-order chi connectivity index (χ1) is 15.6. The second kappa shape index (κ2) is 11.3. The molecule has 1 aromatic carbocycles.